The average molecular weight is 438 g/mol. The van der Waals surface area contributed by atoms with Crippen LogP contribution < -0.4 is 10.1 Å². The van der Waals surface area contributed by atoms with E-state index in [1.807, 2.05) is 62.7 Å². The number of benzene rings is 2. The average Bonchev–Trinajstić information content (AvgIpc) is 3.19. The summed E-state index contributed by atoms with van der Waals surface area (Å²) in [6, 6.07) is 14.1. The van der Waals surface area contributed by atoms with E-state index < -0.39 is 0 Å². The summed E-state index contributed by atoms with van der Waals surface area (Å²) < 4.78 is 8.26. The molecule has 0 amide bonds. The van der Waals surface area contributed by atoms with Crippen LogP contribution in [0.4, 0.5) is 11.6 Å². The van der Waals surface area contributed by atoms with Crippen LogP contribution in [0.5, 0.6) is 11.6 Å². The molecular weight excluding hydrogens is 414 g/mol. The van der Waals surface area contributed by atoms with Crippen molar-refractivity contribution < 1.29 is 4.74 Å². The van der Waals surface area contributed by atoms with Crippen LogP contribution in [-0.2, 0) is 7.05 Å². The maximum Gasteiger partial charge on any atom is 0.250 e. The molecule has 0 saturated carbocycles. The third kappa shape index (κ3) is 4.10. The zero-order valence-electron chi connectivity index (χ0n) is 18.9. The topological polar surface area (TPSA) is 90.6 Å². The Hall–Kier alpha value is -4.33. The molecular formula is C25H23N7O. The number of aromatic nitrogens is 6. The lowest BCUT2D eigenvalue weighted by Crippen LogP contribution is -2.02. The highest BCUT2D eigenvalue weighted by molar-refractivity contribution is 5.79. The Labute approximate surface area is 191 Å². The fourth-order valence-corrected chi connectivity index (χ4v) is 3.75. The molecule has 33 heavy (non-hydrogen) atoms. The molecule has 0 aliphatic carbocycles. The molecule has 1 N–H and O–H groups in total. The summed E-state index contributed by atoms with van der Waals surface area (Å²) in [4.78, 5) is 13.7. The highest BCUT2D eigenvalue weighted by atomic mass is 16.5. The maximum absolute atomic E-state index is 6.40. The van der Waals surface area contributed by atoms with Gasteiger partial charge < -0.3 is 14.6 Å². The van der Waals surface area contributed by atoms with Crippen molar-refractivity contribution in [3.8, 4) is 22.8 Å². The fourth-order valence-electron chi connectivity index (χ4n) is 3.75. The molecule has 0 unspecified atom stereocenters. The van der Waals surface area contributed by atoms with E-state index >= 15 is 0 Å². The summed E-state index contributed by atoms with van der Waals surface area (Å²) in [5, 5.41) is 11.1. The quantitative estimate of drug-likeness (QED) is 0.400. The minimum Gasteiger partial charge on any atom is -0.436 e. The molecule has 0 fully saturated rings. The van der Waals surface area contributed by atoms with Gasteiger partial charge in [-0.3, -0.25) is 0 Å². The van der Waals surface area contributed by atoms with Crippen LogP contribution in [0, 0.1) is 20.8 Å². The monoisotopic (exact) mass is 437 g/mol. The Morgan fingerprint density at radius 2 is 1.64 bits per heavy atom. The van der Waals surface area contributed by atoms with Crippen LogP contribution in [-0.4, -0.2) is 29.7 Å². The third-order valence-corrected chi connectivity index (χ3v) is 5.42. The van der Waals surface area contributed by atoms with E-state index in [1.165, 1.54) is 5.56 Å². The number of anilines is 2. The Bertz CT molecular complexity index is 1420. The van der Waals surface area contributed by atoms with E-state index in [4.69, 9.17) is 4.74 Å². The Morgan fingerprint density at radius 1 is 0.879 bits per heavy atom. The first-order valence-corrected chi connectivity index (χ1v) is 10.6. The summed E-state index contributed by atoms with van der Waals surface area (Å²) in [6.45, 7) is 6.09. The highest BCUT2D eigenvalue weighted by Crippen LogP contribution is 2.35. The number of hydrogen-bond acceptors (Lipinski definition) is 7. The lowest BCUT2D eigenvalue weighted by atomic mass is 10.0. The minimum absolute atomic E-state index is 0.426. The van der Waals surface area contributed by atoms with E-state index in [2.05, 4.69) is 42.6 Å². The van der Waals surface area contributed by atoms with Gasteiger partial charge in [-0.2, -0.15) is 20.2 Å². The zero-order valence-corrected chi connectivity index (χ0v) is 18.9. The Morgan fingerprint density at radius 3 is 2.33 bits per heavy atom. The summed E-state index contributed by atoms with van der Waals surface area (Å²) in [5.74, 6) is 1.62. The summed E-state index contributed by atoms with van der Waals surface area (Å²) in [5.41, 5.74) is 7.41. The minimum atomic E-state index is 0.426. The van der Waals surface area contributed by atoms with Crippen LogP contribution >= 0.6 is 0 Å². The van der Waals surface area contributed by atoms with Gasteiger partial charge in [-0.25, -0.2) is 4.98 Å². The van der Waals surface area contributed by atoms with E-state index in [1.54, 1.807) is 18.7 Å². The van der Waals surface area contributed by atoms with Gasteiger partial charge >= 0.3 is 0 Å². The Balaban J connectivity index is 1.54. The number of aryl methyl sites for hydroxylation is 4. The maximum atomic E-state index is 6.40. The first kappa shape index (κ1) is 20.6. The van der Waals surface area contributed by atoms with Gasteiger partial charge in [0, 0.05) is 18.3 Å². The number of imidazole rings is 1. The lowest BCUT2D eigenvalue weighted by Gasteiger charge is -2.15. The van der Waals surface area contributed by atoms with Crippen molar-refractivity contribution in [3.05, 3.63) is 77.9 Å². The molecule has 0 bridgehead atoms. The van der Waals surface area contributed by atoms with E-state index in [0.717, 1.165) is 39.2 Å². The second-order valence-electron chi connectivity index (χ2n) is 8.04. The number of fused-ring (bicyclic) bond motifs is 1. The second kappa shape index (κ2) is 8.31. The molecule has 3 aromatic heterocycles. The molecule has 0 spiro atoms. The van der Waals surface area contributed by atoms with Crippen molar-refractivity contribution in [2.24, 2.45) is 7.05 Å². The standard InChI is InChI=1S/C25H23N7O/c1-15-5-7-20(8-6-15)29-25-30-23-21(32(4)14-26-23)24(31-25)33-22-16(2)11-19(12-17(22)3)18-9-10-27-28-13-18/h5-14H,1-4H3,(H,29,30,31). The molecule has 5 aromatic rings. The molecule has 2 aromatic carbocycles. The molecule has 164 valence electrons. The van der Waals surface area contributed by atoms with Gasteiger partial charge in [0.25, 0.3) is 5.88 Å². The van der Waals surface area contributed by atoms with Crippen LogP contribution in [0.1, 0.15) is 16.7 Å². The molecule has 0 saturated heterocycles. The van der Waals surface area contributed by atoms with Gasteiger partial charge in [0.1, 0.15) is 5.75 Å². The smallest absolute Gasteiger partial charge is 0.250 e. The predicted molar refractivity (Wildman–Crippen MR) is 128 cm³/mol. The first-order valence-electron chi connectivity index (χ1n) is 10.6. The number of ether oxygens (including phenoxy) is 1. The van der Waals surface area contributed by atoms with Gasteiger partial charge in [0.05, 0.1) is 18.7 Å². The predicted octanol–water partition coefficient (Wildman–Crippen LogP) is 5.28. The van der Waals surface area contributed by atoms with Crippen LogP contribution in [0.15, 0.2) is 61.2 Å². The summed E-state index contributed by atoms with van der Waals surface area (Å²) in [6.07, 6.45) is 5.15. The van der Waals surface area contributed by atoms with Gasteiger partial charge in [-0.1, -0.05) is 17.7 Å². The third-order valence-electron chi connectivity index (χ3n) is 5.42. The molecule has 0 aliphatic heterocycles. The SMILES string of the molecule is Cc1ccc(Nc2nc(Oc3c(C)cc(-c4ccnnc4)cc3C)c3c(ncn3C)n2)cc1. The lowest BCUT2D eigenvalue weighted by molar-refractivity contribution is 0.459. The molecule has 8 heteroatoms. The fraction of sp³-hybridized carbons (Fsp3) is 0.160. The van der Waals surface area contributed by atoms with Gasteiger partial charge in [-0.05, 0) is 67.8 Å². The molecule has 5 rings (SSSR count). The van der Waals surface area contributed by atoms with Crippen molar-refractivity contribution in [1.29, 1.82) is 0 Å². The zero-order chi connectivity index (χ0) is 22.9. The van der Waals surface area contributed by atoms with Gasteiger partial charge in [-0.15, -0.1) is 0 Å². The van der Waals surface area contributed by atoms with Gasteiger partial charge in [0.2, 0.25) is 5.95 Å². The van der Waals surface area contributed by atoms with Crippen molar-refractivity contribution >= 4 is 22.8 Å². The van der Waals surface area contributed by atoms with E-state index in [-0.39, 0.29) is 0 Å². The van der Waals surface area contributed by atoms with Crippen LogP contribution in [0.3, 0.4) is 0 Å². The van der Waals surface area contributed by atoms with E-state index in [9.17, 15) is 0 Å². The van der Waals surface area contributed by atoms with Crippen molar-refractivity contribution in [3.63, 3.8) is 0 Å². The number of rotatable bonds is 5. The number of nitrogens with one attached hydrogen (secondary N) is 1. The molecule has 0 radical (unpaired) electrons. The van der Waals surface area contributed by atoms with Crippen molar-refractivity contribution in [2.75, 3.05) is 5.32 Å². The second-order valence-corrected chi connectivity index (χ2v) is 8.04. The first-order chi connectivity index (χ1) is 16.0. The number of nitrogens with zero attached hydrogens (tertiary/aromatic N) is 6. The van der Waals surface area contributed by atoms with E-state index in [0.29, 0.717) is 17.5 Å². The molecule has 8 nitrogen and oxygen atoms in total. The van der Waals surface area contributed by atoms with Crippen molar-refractivity contribution in [2.45, 2.75) is 20.8 Å². The number of hydrogen-bond donors (Lipinski definition) is 1. The van der Waals surface area contributed by atoms with Crippen LogP contribution in [0.25, 0.3) is 22.3 Å². The molecule has 0 atom stereocenters. The summed E-state index contributed by atoms with van der Waals surface area (Å²) in [7, 11) is 1.90. The molecule has 0 aliphatic rings. The normalized spacial score (nSPS) is 11.0. The largest absolute Gasteiger partial charge is 0.436 e. The van der Waals surface area contributed by atoms with Crippen molar-refractivity contribution in [1.82, 2.24) is 29.7 Å². The Kier molecular flexibility index (Phi) is 5.18. The molecule has 3 heterocycles. The van der Waals surface area contributed by atoms with Gasteiger partial charge in [0.15, 0.2) is 11.2 Å². The highest BCUT2D eigenvalue weighted by Gasteiger charge is 2.17. The van der Waals surface area contributed by atoms with Crippen LogP contribution in [0.2, 0.25) is 0 Å². The summed E-state index contributed by atoms with van der Waals surface area (Å²) >= 11 is 0.